The lowest BCUT2D eigenvalue weighted by molar-refractivity contribution is -0.138. The van der Waals surface area contributed by atoms with Crippen molar-refractivity contribution >= 4 is 17.4 Å². The number of anilines is 2. The van der Waals surface area contributed by atoms with E-state index in [-0.39, 0.29) is 30.9 Å². The van der Waals surface area contributed by atoms with Crippen molar-refractivity contribution in [2.24, 2.45) is 5.73 Å². The molecule has 0 radical (unpaired) electrons. The molecule has 0 unspecified atom stereocenters. The van der Waals surface area contributed by atoms with Crippen LogP contribution in [0.25, 0.3) is 0 Å². The van der Waals surface area contributed by atoms with E-state index in [1.807, 2.05) is 30.3 Å². The summed E-state index contributed by atoms with van der Waals surface area (Å²) >= 11 is 0. The van der Waals surface area contributed by atoms with Crippen LogP contribution in [0.4, 0.5) is 24.8 Å². The van der Waals surface area contributed by atoms with Gasteiger partial charge >= 0.3 is 6.18 Å². The van der Waals surface area contributed by atoms with E-state index in [0.29, 0.717) is 0 Å². The Balaban J connectivity index is -0.00000192. The summed E-state index contributed by atoms with van der Waals surface area (Å²) in [6, 6.07) is 13.5. The van der Waals surface area contributed by atoms with Gasteiger partial charge in [-0.25, -0.2) is 9.97 Å². The third-order valence-electron chi connectivity index (χ3n) is 4.23. The number of pyridine rings is 2. The monoisotopic (exact) mass is 411 g/mol. The molecule has 0 amide bonds. The van der Waals surface area contributed by atoms with Crippen molar-refractivity contribution in [3.63, 3.8) is 0 Å². The largest absolute Gasteiger partial charge is 0.418 e. The first-order chi connectivity index (χ1) is 13.8. The van der Waals surface area contributed by atoms with E-state index in [1.54, 1.807) is 0 Å². The molecule has 2 heterocycles. The number of ketones is 1. The smallest absolute Gasteiger partial charge is 0.383 e. The SMILES string of the molecule is Nc1ncccc1C(=O)c1nc(NC[C@@H](N)c2ccccc2)ccc1C(F)(F)F.[HH].[HH].[HH].[HH].[HH]. The van der Waals surface area contributed by atoms with Gasteiger partial charge in [0.2, 0.25) is 5.78 Å². The number of aromatic nitrogens is 2. The lowest BCUT2D eigenvalue weighted by atomic mass is 10.0. The van der Waals surface area contributed by atoms with Crippen LogP contribution < -0.4 is 16.8 Å². The summed E-state index contributed by atoms with van der Waals surface area (Å²) in [5.41, 5.74) is 10.5. The number of carbonyl (C=O) groups excluding carboxylic acids is 1. The molecular formula is C20H28F3N5O. The number of halogens is 3. The molecule has 29 heavy (non-hydrogen) atoms. The first-order valence-corrected chi connectivity index (χ1v) is 8.65. The fourth-order valence-corrected chi connectivity index (χ4v) is 2.73. The Morgan fingerprint density at radius 1 is 1.10 bits per heavy atom. The third kappa shape index (κ3) is 4.69. The van der Waals surface area contributed by atoms with Gasteiger partial charge in [-0.05, 0) is 29.8 Å². The molecule has 1 atom stereocenters. The highest BCUT2D eigenvalue weighted by molar-refractivity contribution is 6.11. The van der Waals surface area contributed by atoms with Crippen LogP contribution in [0.2, 0.25) is 0 Å². The summed E-state index contributed by atoms with van der Waals surface area (Å²) in [5, 5.41) is 2.88. The number of benzene rings is 1. The summed E-state index contributed by atoms with van der Waals surface area (Å²) in [6.07, 6.45) is -3.42. The molecular weight excluding hydrogens is 383 g/mol. The predicted octanol–water partition coefficient (Wildman–Crippen LogP) is 4.65. The van der Waals surface area contributed by atoms with E-state index in [2.05, 4.69) is 15.3 Å². The second-order valence-electron chi connectivity index (χ2n) is 6.25. The van der Waals surface area contributed by atoms with Crippen LogP contribution in [0.3, 0.4) is 0 Å². The normalized spacial score (nSPS) is 12.4. The molecule has 2 aromatic heterocycles. The molecule has 5 N–H and O–H groups in total. The number of hydrogen-bond donors (Lipinski definition) is 3. The summed E-state index contributed by atoms with van der Waals surface area (Å²) in [6.45, 7) is 0.213. The predicted molar refractivity (Wildman–Crippen MR) is 114 cm³/mol. The number of nitrogens with zero attached hydrogens (tertiary/aromatic N) is 2. The minimum absolute atomic E-state index is 0. The molecule has 0 saturated carbocycles. The van der Waals surface area contributed by atoms with E-state index >= 15 is 0 Å². The zero-order valence-corrected chi connectivity index (χ0v) is 15.1. The van der Waals surface area contributed by atoms with Crippen LogP contribution in [0, 0.1) is 0 Å². The van der Waals surface area contributed by atoms with Gasteiger partial charge in [-0.3, -0.25) is 4.79 Å². The Morgan fingerprint density at radius 2 is 1.83 bits per heavy atom. The van der Waals surface area contributed by atoms with E-state index < -0.39 is 29.3 Å². The lowest BCUT2D eigenvalue weighted by Gasteiger charge is -2.16. The molecule has 0 bridgehead atoms. The Hall–Kier alpha value is -3.46. The average Bonchev–Trinajstić information content (AvgIpc) is 2.71. The van der Waals surface area contributed by atoms with Crippen LogP contribution in [0.5, 0.6) is 0 Å². The maximum Gasteiger partial charge on any atom is 0.418 e. The maximum absolute atomic E-state index is 13.4. The van der Waals surface area contributed by atoms with E-state index in [4.69, 9.17) is 11.5 Å². The number of nitrogens with two attached hydrogens (primary N) is 2. The molecule has 0 aliphatic rings. The molecule has 0 aliphatic carbocycles. The van der Waals surface area contributed by atoms with Crippen LogP contribution >= 0.6 is 0 Å². The minimum Gasteiger partial charge on any atom is -0.383 e. The fourth-order valence-electron chi connectivity index (χ4n) is 2.73. The average molecular weight is 411 g/mol. The van der Waals surface area contributed by atoms with Gasteiger partial charge in [-0.15, -0.1) is 0 Å². The second kappa shape index (κ2) is 8.27. The van der Waals surface area contributed by atoms with Crippen molar-refractivity contribution in [2.75, 3.05) is 17.6 Å². The highest BCUT2D eigenvalue weighted by Crippen LogP contribution is 2.33. The van der Waals surface area contributed by atoms with Crippen molar-refractivity contribution in [1.82, 2.24) is 9.97 Å². The molecule has 1 aromatic carbocycles. The molecule has 160 valence electrons. The molecule has 3 aromatic rings. The first-order valence-electron chi connectivity index (χ1n) is 8.65. The van der Waals surface area contributed by atoms with Gasteiger partial charge < -0.3 is 16.8 Å². The van der Waals surface area contributed by atoms with Crippen LogP contribution in [0.1, 0.15) is 40.4 Å². The van der Waals surface area contributed by atoms with Crippen molar-refractivity contribution < 1.29 is 25.1 Å². The van der Waals surface area contributed by atoms with Crippen molar-refractivity contribution in [3.8, 4) is 0 Å². The van der Waals surface area contributed by atoms with Gasteiger partial charge in [-0.2, -0.15) is 13.2 Å². The minimum atomic E-state index is -4.76. The van der Waals surface area contributed by atoms with Gasteiger partial charge in [0.25, 0.3) is 0 Å². The number of nitrogen functional groups attached to an aromatic ring is 1. The number of hydrogen-bond acceptors (Lipinski definition) is 6. The Kier molecular flexibility index (Phi) is 5.79. The fraction of sp³-hybridized carbons (Fsp3) is 0.150. The highest BCUT2D eigenvalue weighted by atomic mass is 19.4. The zero-order valence-electron chi connectivity index (χ0n) is 15.1. The van der Waals surface area contributed by atoms with Crippen LogP contribution in [-0.2, 0) is 6.18 Å². The Labute approximate surface area is 172 Å². The molecule has 6 nitrogen and oxygen atoms in total. The topological polar surface area (TPSA) is 107 Å². The molecule has 0 aliphatic heterocycles. The van der Waals surface area contributed by atoms with Crippen molar-refractivity contribution in [3.05, 3.63) is 83.2 Å². The quantitative estimate of drug-likeness (QED) is 0.510. The van der Waals surface area contributed by atoms with Crippen LogP contribution in [-0.4, -0.2) is 22.3 Å². The number of carbonyl (C=O) groups is 1. The summed E-state index contributed by atoms with van der Waals surface area (Å²) in [5.74, 6) is -1.04. The van der Waals surface area contributed by atoms with E-state index in [1.165, 1.54) is 18.3 Å². The Bertz CT molecular complexity index is 1030. The molecule has 9 heteroatoms. The Morgan fingerprint density at radius 3 is 2.48 bits per heavy atom. The number of alkyl halides is 3. The maximum atomic E-state index is 13.4. The molecule has 0 fully saturated rings. The standard InChI is InChI=1S/C20H18F3N5O.5H2/c21-20(22,23)14-8-9-16(27-11-15(24)12-5-2-1-3-6-12)28-17(14)18(29)13-7-4-10-26-19(13)25;;;;;/h1-10,15H,11,24H2,(H2,25,26)(H,27,28);5*1H/t15-;;;;;/m1...../s1. The summed E-state index contributed by atoms with van der Waals surface area (Å²) < 4.78 is 40.2. The van der Waals surface area contributed by atoms with Crippen molar-refractivity contribution in [1.29, 1.82) is 0 Å². The van der Waals surface area contributed by atoms with Gasteiger partial charge in [0.1, 0.15) is 17.3 Å². The van der Waals surface area contributed by atoms with E-state index in [0.717, 1.165) is 17.7 Å². The van der Waals surface area contributed by atoms with Gasteiger partial charge in [0.05, 0.1) is 11.1 Å². The van der Waals surface area contributed by atoms with Crippen LogP contribution in [0.15, 0.2) is 60.8 Å². The zero-order chi connectivity index (χ0) is 21.0. The highest BCUT2D eigenvalue weighted by Gasteiger charge is 2.37. The lowest BCUT2D eigenvalue weighted by Crippen LogP contribution is -2.22. The number of rotatable bonds is 6. The van der Waals surface area contributed by atoms with E-state index in [9.17, 15) is 18.0 Å². The number of nitrogens with one attached hydrogen (secondary N) is 1. The summed E-state index contributed by atoms with van der Waals surface area (Å²) in [7, 11) is 0. The van der Waals surface area contributed by atoms with Gasteiger partial charge in [0, 0.05) is 25.9 Å². The molecule has 0 saturated heterocycles. The summed E-state index contributed by atoms with van der Waals surface area (Å²) in [4.78, 5) is 20.4. The first kappa shape index (κ1) is 20.3. The van der Waals surface area contributed by atoms with Gasteiger partial charge in [0.15, 0.2) is 0 Å². The second-order valence-corrected chi connectivity index (χ2v) is 6.25. The van der Waals surface area contributed by atoms with Gasteiger partial charge in [-0.1, -0.05) is 30.3 Å². The molecule has 0 spiro atoms. The van der Waals surface area contributed by atoms with Crippen molar-refractivity contribution in [2.45, 2.75) is 12.2 Å². The third-order valence-corrected chi connectivity index (χ3v) is 4.23. The molecule has 3 rings (SSSR count).